The molecule has 0 saturated heterocycles. The lowest BCUT2D eigenvalue weighted by Gasteiger charge is -2.08. The van der Waals surface area contributed by atoms with E-state index in [1.54, 1.807) is 6.20 Å². The van der Waals surface area contributed by atoms with Crippen molar-refractivity contribution in [3.8, 4) is 22.6 Å². The van der Waals surface area contributed by atoms with Gasteiger partial charge in [-0.25, -0.2) is 14.8 Å². The van der Waals surface area contributed by atoms with E-state index in [0.29, 0.717) is 11.7 Å². The topological polar surface area (TPSA) is 98.1 Å². The van der Waals surface area contributed by atoms with Crippen molar-refractivity contribution in [2.75, 3.05) is 0 Å². The van der Waals surface area contributed by atoms with E-state index in [1.807, 2.05) is 12.1 Å². The van der Waals surface area contributed by atoms with Crippen LogP contribution in [0.25, 0.3) is 22.6 Å². The zero-order chi connectivity index (χ0) is 20.9. The summed E-state index contributed by atoms with van der Waals surface area (Å²) >= 11 is 0. The Labute approximate surface area is 175 Å². The maximum atomic E-state index is 4.84. The van der Waals surface area contributed by atoms with Crippen LogP contribution in [0.4, 0.5) is 0 Å². The molecule has 1 aromatic carbocycles. The second-order valence-electron chi connectivity index (χ2n) is 7.44. The van der Waals surface area contributed by atoms with Gasteiger partial charge in [-0.15, -0.1) is 5.10 Å². The van der Waals surface area contributed by atoms with E-state index in [0.717, 1.165) is 54.3 Å². The Bertz CT molecular complexity index is 1080. The van der Waals surface area contributed by atoms with Crippen molar-refractivity contribution >= 4 is 0 Å². The van der Waals surface area contributed by atoms with Crippen LogP contribution in [0.3, 0.4) is 0 Å². The molecule has 0 radical (unpaired) electrons. The highest BCUT2D eigenvalue weighted by Gasteiger charge is 2.15. The van der Waals surface area contributed by atoms with Crippen LogP contribution in [-0.4, -0.2) is 40.4 Å². The van der Waals surface area contributed by atoms with Crippen LogP contribution in [0.2, 0.25) is 0 Å². The number of aryl methyl sites for hydroxylation is 1. The third-order valence-electron chi connectivity index (χ3n) is 5.26. The minimum atomic E-state index is 0.374. The number of pyridine rings is 1. The standard InChI is InChI=1S/C22H26N8/c1-4-13-30-19(24-21(27-30)15(3)5-2)14-16-8-10-17(11-9-16)18-7-6-12-23-20(18)22-25-28-29-26-22/h6-12,15H,4-5,13-14H2,1-3H3,(H,25,26,28,29). The van der Waals surface area contributed by atoms with Crippen LogP contribution in [-0.2, 0) is 13.0 Å². The Kier molecular flexibility index (Phi) is 5.92. The number of rotatable bonds is 8. The molecule has 0 aliphatic carbocycles. The second kappa shape index (κ2) is 8.94. The van der Waals surface area contributed by atoms with E-state index >= 15 is 0 Å². The predicted molar refractivity (Wildman–Crippen MR) is 115 cm³/mol. The van der Waals surface area contributed by atoms with Gasteiger partial charge in [0, 0.05) is 30.6 Å². The van der Waals surface area contributed by atoms with Gasteiger partial charge in [0.15, 0.2) is 11.6 Å². The summed E-state index contributed by atoms with van der Waals surface area (Å²) in [4.78, 5) is 9.29. The number of nitrogens with one attached hydrogen (secondary N) is 1. The van der Waals surface area contributed by atoms with E-state index in [4.69, 9.17) is 10.1 Å². The summed E-state index contributed by atoms with van der Waals surface area (Å²) in [5.41, 5.74) is 3.98. The smallest absolute Gasteiger partial charge is 0.198 e. The van der Waals surface area contributed by atoms with Crippen LogP contribution in [0.1, 0.15) is 56.7 Å². The lowest BCUT2D eigenvalue weighted by molar-refractivity contribution is 0.562. The zero-order valence-electron chi connectivity index (χ0n) is 17.6. The van der Waals surface area contributed by atoms with Gasteiger partial charge in [-0.2, -0.15) is 5.10 Å². The first-order valence-electron chi connectivity index (χ1n) is 10.4. The molecule has 1 N–H and O–H groups in total. The van der Waals surface area contributed by atoms with Crippen molar-refractivity contribution in [2.24, 2.45) is 0 Å². The molecule has 4 aromatic rings. The monoisotopic (exact) mass is 402 g/mol. The normalized spacial score (nSPS) is 12.2. The summed E-state index contributed by atoms with van der Waals surface area (Å²) in [6, 6.07) is 12.4. The first kappa shape index (κ1) is 19.9. The van der Waals surface area contributed by atoms with Gasteiger partial charge in [0.1, 0.15) is 11.5 Å². The molecule has 8 nitrogen and oxygen atoms in total. The zero-order valence-corrected chi connectivity index (χ0v) is 17.6. The number of hydrogen-bond acceptors (Lipinski definition) is 6. The van der Waals surface area contributed by atoms with E-state index in [-0.39, 0.29) is 0 Å². The van der Waals surface area contributed by atoms with Gasteiger partial charge < -0.3 is 0 Å². The highest BCUT2D eigenvalue weighted by atomic mass is 15.5. The molecule has 8 heteroatoms. The molecule has 30 heavy (non-hydrogen) atoms. The van der Waals surface area contributed by atoms with Crippen LogP contribution in [0.15, 0.2) is 42.6 Å². The van der Waals surface area contributed by atoms with Gasteiger partial charge in [-0.1, -0.05) is 51.1 Å². The van der Waals surface area contributed by atoms with Gasteiger partial charge in [0.2, 0.25) is 0 Å². The van der Waals surface area contributed by atoms with Crippen molar-refractivity contribution in [3.63, 3.8) is 0 Å². The lowest BCUT2D eigenvalue weighted by Crippen LogP contribution is -2.06. The van der Waals surface area contributed by atoms with Crippen molar-refractivity contribution in [1.82, 2.24) is 40.4 Å². The molecule has 0 bridgehead atoms. The first-order chi connectivity index (χ1) is 14.7. The second-order valence-corrected chi connectivity index (χ2v) is 7.44. The molecular formula is C22H26N8. The third kappa shape index (κ3) is 4.12. The van der Waals surface area contributed by atoms with Crippen molar-refractivity contribution in [1.29, 1.82) is 0 Å². The molecule has 0 spiro atoms. The summed E-state index contributed by atoms with van der Waals surface area (Å²) in [7, 11) is 0. The van der Waals surface area contributed by atoms with Crippen LogP contribution < -0.4 is 0 Å². The summed E-state index contributed by atoms with van der Waals surface area (Å²) < 4.78 is 2.06. The molecule has 0 fully saturated rings. The van der Waals surface area contributed by atoms with Crippen molar-refractivity contribution in [2.45, 2.75) is 52.5 Å². The fourth-order valence-corrected chi connectivity index (χ4v) is 3.38. The SMILES string of the molecule is CCCn1nc(C(C)CC)nc1Cc1ccc(-c2cccnc2-c2nnn[nH]2)cc1. The molecule has 3 heterocycles. The summed E-state index contributed by atoms with van der Waals surface area (Å²) in [6.45, 7) is 7.41. The molecule has 3 aromatic heterocycles. The van der Waals surface area contributed by atoms with Crippen molar-refractivity contribution < 1.29 is 0 Å². The summed E-state index contributed by atoms with van der Waals surface area (Å²) in [5.74, 6) is 2.90. The number of nitrogens with zero attached hydrogens (tertiary/aromatic N) is 7. The maximum Gasteiger partial charge on any atom is 0.198 e. The Morgan fingerprint density at radius 2 is 1.93 bits per heavy atom. The minimum absolute atomic E-state index is 0.374. The molecular weight excluding hydrogens is 376 g/mol. The van der Waals surface area contributed by atoms with Gasteiger partial charge >= 0.3 is 0 Å². The molecule has 1 atom stereocenters. The molecule has 4 rings (SSSR count). The number of aromatic nitrogens is 8. The highest BCUT2D eigenvalue weighted by molar-refractivity contribution is 5.77. The van der Waals surface area contributed by atoms with Crippen LogP contribution >= 0.6 is 0 Å². The maximum absolute atomic E-state index is 4.84. The third-order valence-corrected chi connectivity index (χ3v) is 5.26. The first-order valence-corrected chi connectivity index (χ1v) is 10.4. The number of aromatic amines is 1. The van der Waals surface area contributed by atoms with Gasteiger partial charge in [-0.3, -0.25) is 4.98 Å². The number of hydrogen-bond donors (Lipinski definition) is 1. The summed E-state index contributed by atoms with van der Waals surface area (Å²) in [6.07, 6.45) is 4.58. The average Bonchev–Trinajstić information content (AvgIpc) is 3.45. The number of tetrazole rings is 1. The van der Waals surface area contributed by atoms with E-state index in [2.05, 4.69) is 75.3 Å². The summed E-state index contributed by atoms with van der Waals surface area (Å²) in [5, 5.41) is 18.9. The van der Waals surface area contributed by atoms with Crippen molar-refractivity contribution in [3.05, 3.63) is 59.8 Å². The van der Waals surface area contributed by atoms with E-state index in [9.17, 15) is 0 Å². The molecule has 0 amide bonds. The molecule has 154 valence electrons. The molecule has 0 aliphatic rings. The molecule has 0 aliphatic heterocycles. The fourth-order valence-electron chi connectivity index (χ4n) is 3.38. The van der Waals surface area contributed by atoms with Gasteiger partial charge in [-0.05, 0) is 40.5 Å². The van der Waals surface area contributed by atoms with Gasteiger partial charge in [0.25, 0.3) is 0 Å². The van der Waals surface area contributed by atoms with Crippen LogP contribution in [0.5, 0.6) is 0 Å². The molecule has 0 saturated carbocycles. The Morgan fingerprint density at radius 3 is 2.63 bits per heavy atom. The highest BCUT2D eigenvalue weighted by Crippen LogP contribution is 2.28. The average molecular weight is 403 g/mol. The number of H-pyrrole nitrogens is 1. The van der Waals surface area contributed by atoms with Crippen LogP contribution in [0, 0.1) is 0 Å². The van der Waals surface area contributed by atoms with E-state index < -0.39 is 0 Å². The Hall–Kier alpha value is -3.42. The largest absolute Gasteiger partial charge is 0.252 e. The van der Waals surface area contributed by atoms with Gasteiger partial charge in [0.05, 0.1) is 0 Å². The molecule has 1 unspecified atom stereocenters. The lowest BCUT2D eigenvalue weighted by atomic mass is 10.0. The quantitative estimate of drug-likeness (QED) is 0.478. The Balaban J connectivity index is 1.59. The predicted octanol–water partition coefficient (Wildman–Crippen LogP) is 4.03. The minimum Gasteiger partial charge on any atom is -0.252 e. The van der Waals surface area contributed by atoms with E-state index in [1.165, 1.54) is 5.56 Å². The Morgan fingerprint density at radius 1 is 1.10 bits per heavy atom. The fraction of sp³-hybridized carbons (Fsp3) is 0.364. The number of benzene rings is 1.